The lowest BCUT2D eigenvalue weighted by Gasteiger charge is -2.31. The van der Waals surface area contributed by atoms with Crippen LogP contribution in [0.5, 0.6) is 5.75 Å². The standard InChI is InChI=1S/C16H25NO/c1-4-17-11-9-16(10-12-17)18-15-7-5-14(6-8-15)13(2)3/h5-8,13,16H,4,9-12H2,1-3H3. The SMILES string of the molecule is CCN1CCC(Oc2ccc(C(C)C)cc2)CC1. The zero-order chi connectivity index (χ0) is 13.0. The minimum Gasteiger partial charge on any atom is -0.490 e. The molecule has 1 heterocycles. The summed E-state index contributed by atoms with van der Waals surface area (Å²) < 4.78 is 6.06. The molecule has 0 aromatic heterocycles. The molecular formula is C16H25NO. The van der Waals surface area contributed by atoms with Crippen LogP contribution in [0.15, 0.2) is 24.3 Å². The van der Waals surface area contributed by atoms with Gasteiger partial charge in [-0.25, -0.2) is 0 Å². The number of rotatable bonds is 4. The summed E-state index contributed by atoms with van der Waals surface area (Å²) in [6.07, 6.45) is 2.71. The fraction of sp³-hybridized carbons (Fsp3) is 0.625. The molecule has 2 heteroatoms. The molecule has 0 amide bonds. The normalized spacial score (nSPS) is 18.2. The van der Waals surface area contributed by atoms with Gasteiger partial charge in [-0.05, 0) is 43.0 Å². The summed E-state index contributed by atoms with van der Waals surface area (Å²) in [5.41, 5.74) is 1.38. The first kappa shape index (κ1) is 13.4. The minimum atomic E-state index is 0.401. The average molecular weight is 247 g/mol. The van der Waals surface area contributed by atoms with E-state index in [-0.39, 0.29) is 0 Å². The van der Waals surface area contributed by atoms with Crippen molar-refractivity contribution in [2.45, 2.75) is 45.6 Å². The predicted octanol–water partition coefficient (Wildman–Crippen LogP) is 3.67. The van der Waals surface area contributed by atoms with Gasteiger partial charge in [0.05, 0.1) is 0 Å². The van der Waals surface area contributed by atoms with Crippen LogP contribution in [0.4, 0.5) is 0 Å². The Morgan fingerprint density at radius 1 is 1.17 bits per heavy atom. The average Bonchev–Trinajstić information content (AvgIpc) is 2.40. The monoisotopic (exact) mass is 247 g/mol. The molecule has 0 aliphatic carbocycles. The number of ether oxygens (including phenoxy) is 1. The second-order valence-electron chi connectivity index (χ2n) is 5.48. The van der Waals surface area contributed by atoms with Gasteiger partial charge in [0.1, 0.15) is 11.9 Å². The van der Waals surface area contributed by atoms with E-state index in [1.165, 1.54) is 18.7 Å². The summed E-state index contributed by atoms with van der Waals surface area (Å²) in [5, 5.41) is 0. The van der Waals surface area contributed by atoms with E-state index in [1.54, 1.807) is 0 Å². The van der Waals surface area contributed by atoms with Gasteiger partial charge in [0.2, 0.25) is 0 Å². The molecule has 1 aliphatic rings. The zero-order valence-corrected chi connectivity index (χ0v) is 11.9. The summed E-state index contributed by atoms with van der Waals surface area (Å²) in [5.74, 6) is 1.61. The van der Waals surface area contributed by atoms with Gasteiger partial charge < -0.3 is 9.64 Å². The second-order valence-corrected chi connectivity index (χ2v) is 5.48. The first-order chi connectivity index (χ1) is 8.69. The van der Waals surface area contributed by atoms with E-state index < -0.39 is 0 Å². The molecule has 1 saturated heterocycles. The molecule has 1 aromatic carbocycles. The molecule has 18 heavy (non-hydrogen) atoms. The lowest BCUT2D eigenvalue weighted by molar-refractivity contribution is 0.104. The number of hydrogen-bond donors (Lipinski definition) is 0. The molecule has 2 nitrogen and oxygen atoms in total. The van der Waals surface area contributed by atoms with Crippen LogP contribution in [-0.4, -0.2) is 30.6 Å². The maximum atomic E-state index is 6.06. The smallest absolute Gasteiger partial charge is 0.119 e. The Labute approximate surface area is 111 Å². The quantitative estimate of drug-likeness (QED) is 0.805. The Morgan fingerprint density at radius 2 is 1.78 bits per heavy atom. The highest BCUT2D eigenvalue weighted by Gasteiger charge is 2.19. The number of nitrogens with zero attached hydrogens (tertiary/aromatic N) is 1. The number of benzene rings is 1. The van der Waals surface area contributed by atoms with Crippen molar-refractivity contribution in [1.82, 2.24) is 4.90 Å². The highest BCUT2D eigenvalue weighted by molar-refractivity contribution is 5.29. The Kier molecular flexibility index (Phi) is 4.65. The summed E-state index contributed by atoms with van der Waals surface area (Å²) in [6, 6.07) is 8.59. The van der Waals surface area contributed by atoms with Gasteiger partial charge in [-0.1, -0.05) is 32.9 Å². The Balaban J connectivity index is 1.86. The number of likely N-dealkylation sites (tertiary alicyclic amines) is 1. The van der Waals surface area contributed by atoms with Gasteiger partial charge in [0, 0.05) is 13.1 Å². The van der Waals surface area contributed by atoms with Crippen LogP contribution in [0.25, 0.3) is 0 Å². The van der Waals surface area contributed by atoms with Gasteiger partial charge in [0.25, 0.3) is 0 Å². The molecule has 100 valence electrons. The van der Waals surface area contributed by atoms with E-state index in [9.17, 15) is 0 Å². The van der Waals surface area contributed by atoms with E-state index >= 15 is 0 Å². The van der Waals surface area contributed by atoms with Crippen molar-refractivity contribution < 1.29 is 4.74 Å². The van der Waals surface area contributed by atoms with Crippen LogP contribution < -0.4 is 4.74 Å². The zero-order valence-electron chi connectivity index (χ0n) is 11.9. The maximum absolute atomic E-state index is 6.06. The third-order valence-corrected chi connectivity index (χ3v) is 3.83. The van der Waals surface area contributed by atoms with Gasteiger partial charge in [-0.15, -0.1) is 0 Å². The van der Waals surface area contributed by atoms with Gasteiger partial charge in [-0.2, -0.15) is 0 Å². The maximum Gasteiger partial charge on any atom is 0.119 e. The molecule has 0 saturated carbocycles. The van der Waals surface area contributed by atoms with E-state index in [0.717, 1.165) is 25.1 Å². The Morgan fingerprint density at radius 3 is 2.28 bits per heavy atom. The van der Waals surface area contributed by atoms with Crippen LogP contribution >= 0.6 is 0 Å². The molecule has 1 aromatic rings. The van der Waals surface area contributed by atoms with Crippen LogP contribution in [-0.2, 0) is 0 Å². The molecule has 0 radical (unpaired) electrons. The molecule has 0 bridgehead atoms. The lowest BCUT2D eigenvalue weighted by atomic mass is 10.0. The third kappa shape index (κ3) is 3.49. The summed E-state index contributed by atoms with van der Waals surface area (Å²) >= 11 is 0. The first-order valence-corrected chi connectivity index (χ1v) is 7.18. The van der Waals surface area contributed by atoms with Gasteiger partial charge >= 0.3 is 0 Å². The molecule has 0 unspecified atom stereocenters. The van der Waals surface area contributed by atoms with E-state index in [4.69, 9.17) is 4.74 Å². The lowest BCUT2D eigenvalue weighted by Crippen LogP contribution is -2.37. The molecule has 0 atom stereocenters. The molecule has 0 spiro atoms. The largest absolute Gasteiger partial charge is 0.490 e. The van der Waals surface area contributed by atoms with Crippen molar-refractivity contribution in [3.8, 4) is 5.75 Å². The fourth-order valence-corrected chi connectivity index (χ4v) is 2.47. The Hall–Kier alpha value is -1.02. The van der Waals surface area contributed by atoms with Crippen molar-refractivity contribution in [1.29, 1.82) is 0 Å². The Bertz CT molecular complexity index is 350. The van der Waals surface area contributed by atoms with Crippen molar-refractivity contribution in [3.05, 3.63) is 29.8 Å². The number of piperidine rings is 1. The van der Waals surface area contributed by atoms with Crippen molar-refractivity contribution >= 4 is 0 Å². The highest BCUT2D eigenvalue weighted by Crippen LogP contribution is 2.22. The molecular weight excluding hydrogens is 222 g/mol. The van der Waals surface area contributed by atoms with E-state index in [2.05, 4.69) is 49.9 Å². The van der Waals surface area contributed by atoms with E-state index in [1.807, 2.05) is 0 Å². The van der Waals surface area contributed by atoms with Crippen LogP contribution in [0.2, 0.25) is 0 Å². The van der Waals surface area contributed by atoms with Crippen molar-refractivity contribution in [3.63, 3.8) is 0 Å². The second kappa shape index (κ2) is 6.24. The predicted molar refractivity (Wildman–Crippen MR) is 76.3 cm³/mol. The summed E-state index contributed by atoms with van der Waals surface area (Å²) in [7, 11) is 0. The van der Waals surface area contributed by atoms with Crippen molar-refractivity contribution in [2.24, 2.45) is 0 Å². The topological polar surface area (TPSA) is 12.5 Å². The van der Waals surface area contributed by atoms with Gasteiger partial charge in [-0.3, -0.25) is 0 Å². The molecule has 1 aliphatic heterocycles. The fourth-order valence-electron chi connectivity index (χ4n) is 2.47. The van der Waals surface area contributed by atoms with Crippen LogP contribution in [0.1, 0.15) is 45.1 Å². The highest BCUT2D eigenvalue weighted by atomic mass is 16.5. The molecule has 0 N–H and O–H groups in total. The minimum absolute atomic E-state index is 0.401. The number of hydrogen-bond acceptors (Lipinski definition) is 2. The summed E-state index contributed by atoms with van der Waals surface area (Å²) in [6.45, 7) is 10.2. The molecule has 2 rings (SSSR count). The van der Waals surface area contributed by atoms with Crippen LogP contribution in [0, 0.1) is 0 Å². The summed E-state index contributed by atoms with van der Waals surface area (Å²) in [4.78, 5) is 2.49. The van der Waals surface area contributed by atoms with E-state index in [0.29, 0.717) is 12.0 Å². The third-order valence-electron chi connectivity index (χ3n) is 3.83. The van der Waals surface area contributed by atoms with Gasteiger partial charge in [0.15, 0.2) is 0 Å². The first-order valence-electron chi connectivity index (χ1n) is 7.18. The molecule has 1 fully saturated rings. The van der Waals surface area contributed by atoms with Crippen molar-refractivity contribution in [2.75, 3.05) is 19.6 Å². The van der Waals surface area contributed by atoms with Crippen LogP contribution in [0.3, 0.4) is 0 Å².